The zero-order valence-electron chi connectivity index (χ0n) is 22.2. The third kappa shape index (κ3) is 4.54. The van der Waals surface area contributed by atoms with Crippen molar-refractivity contribution in [3.8, 4) is 28.3 Å². The van der Waals surface area contributed by atoms with E-state index in [1.807, 2.05) is 39.0 Å². The Morgan fingerprint density at radius 1 is 1.23 bits per heavy atom. The Labute approximate surface area is 230 Å². The van der Waals surface area contributed by atoms with E-state index >= 15 is 0 Å². The maximum atomic E-state index is 12.3. The maximum absolute atomic E-state index is 12.3. The lowest BCUT2D eigenvalue weighted by Gasteiger charge is -2.21. The monoisotopic (exact) mass is 545 g/mol. The first-order valence-corrected chi connectivity index (χ1v) is 12.7. The number of hydrogen-bond acceptors (Lipinski definition) is 8. The van der Waals surface area contributed by atoms with Crippen molar-refractivity contribution in [3.63, 3.8) is 0 Å². The molecule has 39 heavy (non-hydrogen) atoms. The number of carbonyl (C=O) groups is 1. The Kier molecular flexibility index (Phi) is 6.92. The third-order valence-electron chi connectivity index (χ3n) is 6.56. The van der Waals surface area contributed by atoms with E-state index in [0.717, 1.165) is 22.3 Å². The summed E-state index contributed by atoms with van der Waals surface area (Å²) in [6.45, 7) is 6.30. The van der Waals surface area contributed by atoms with Crippen molar-refractivity contribution in [2.75, 3.05) is 26.4 Å². The van der Waals surface area contributed by atoms with Crippen LogP contribution >= 0.6 is 11.6 Å². The van der Waals surface area contributed by atoms with Gasteiger partial charge in [0.25, 0.3) is 5.91 Å². The number of anilines is 1. The van der Waals surface area contributed by atoms with E-state index in [1.54, 1.807) is 37.2 Å². The van der Waals surface area contributed by atoms with Crippen molar-refractivity contribution >= 4 is 34.4 Å². The molecule has 11 nitrogen and oxygen atoms in total. The highest BCUT2D eigenvalue weighted by molar-refractivity contribution is 6.32. The zero-order chi connectivity index (χ0) is 27.8. The highest BCUT2D eigenvalue weighted by Crippen LogP contribution is 2.43. The number of hydrogen-bond donors (Lipinski definition) is 2. The summed E-state index contributed by atoms with van der Waals surface area (Å²) in [4.78, 5) is 26.8. The first-order chi connectivity index (χ1) is 18.7. The molecule has 0 radical (unpaired) electrons. The van der Waals surface area contributed by atoms with Crippen LogP contribution in [0.2, 0.25) is 5.02 Å². The van der Waals surface area contributed by atoms with Crippen LogP contribution in [0.15, 0.2) is 43.0 Å². The second-order valence-electron chi connectivity index (χ2n) is 9.24. The molecule has 1 unspecified atom stereocenters. The van der Waals surface area contributed by atoms with Crippen molar-refractivity contribution in [1.82, 2.24) is 39.8 Å². The molecule has 0 spiro atoms. The molecule has 0 saturated heterocycles. The average Bonchev–Trinajstić information content (AvgIpc) is 3.59. The maximum Gasteiger partial charge on any atom is 0.271 e. The predicted octanol–water partition coefficient (Wildman–Crippen LogP) is 4.53. The van der Waals surface area contributed by atoms with Gasteiger partial charge in [-0.1, -0.05) is 17.7 Å². The van der Waals surface area contributed by atoms with Gasteiger partial charge in [0.15, 0.2) is 5.65 Å². The van der Waals surface area contributed by atoms with E-state index in [9.17, 15) is 4.79 Å². The minimum Gasteiger partial charge on any atom is -0.493 e. The number of benzene rings is 1. The van der Waals surface area contributed by atoms with Crippen LogP contribution in [0.5, 0.6) is 5.75 Å². The lowest BCUT2D eigenvalue weighted by atomic mass is 9.95. The highest BCUT2D eigenvalue weighted by atomic mass is 35.5. The molecule has 0 fully saturated rings. The van der Waals surface area contributed by atoms with Crippen molar-refractivity contribution in [2.45, 2.75) is 26.8 Å². The van der Waals surface area contributed by atoms with Crippen molar-refractivity contribution in [1.29, 1.82) is 0 Å². The molecular formula is C27H28ClN9O2. The second-order valence-corrected chi connectivity index (χ2v) is 9.62. The molecule has 0 aliphatic carbocycles. The SMILES string of the molecule is CCOc1cc(C(C)n2nc(-c3ccn[nH]3)c3c(N)ncnc32)c(Cl)c(C)c1-c1ccc(C(=O)N(C)C)nc1. The number of amides is 1. The Bertz CT molecular complexity index is 1660. The van der Waals surface area contributed by atoms with Gasteiger partial charge >= 0.3 is 0 Å². The van der Waals surface area contributed by atoms with Crippen LogP contribution < -0.4 is 10.5 Å². The number of halogens is 1. The Morgan fingerprint density at radius 2 is 2.03 bits per heavy atom. The van der Waals surface area contributed by atoms with Gasteiger partial charge in [0.2, 0.25) is 0 Å². The molecule has 1 aromatic carbocycles. The van der Waals surface area contributed by atoms with Crippen LogP contribution in [-0.2, 0) is 0 Å². The van der Waals surface area contributed by atoms with E-state index in [0.29, 0.717) is 51.3 Å². The molecule has 0 aliphatic heterocycles. The van der Waals surface area contributed by atoms with Crippen LogP contribution in [0.1, 0.15) is 41.5 Å². The summed E-state index contributed by atoms with van der Waals surface area (Å²) < 4.78 is 7.87. The summed E-state index contributed by atoms with van der Waals surface area (Å²) in [5, 5.41) is 13.0. The number of aromatic nitrogens is 7. The van der Waals surface area contributed by atoms with Gasteiger partial charge < -0.3 is 15.4 Å². The fourth-order valence-electron chi connectivity index (χ4n) is 4.59. The molecule has 4 aromatic heterocycles. The van der Waals surface area contributed by atoms with Crippen molar-refractivity contribution < 1.29 is 9.53 Å². The van der Waals surface area contributed by atoms with Gasteiger partial charge in [-0.25, -0.2) is 14.6 Å². The summed E-state index contributed by atoms with van der Waals surface area (Å²) in [6, 6.07) is 6.95. The summed E-state index contributed by atoms with van der Waals surface area (Å²) in [5.74, 6) is 0.796. The quantitative estimate of drug-likeness (QED) is 0.304. The van der Waals surface area contributed by atoms with Crippen molar-refractivity contribution in [3.05, 3.63) is 64.8 Å². The molecule has 1 amide bonds. The first-order valence-electron chi connectivity index (χ1n) is 12.3. The van der Waals surface area contributed by atoms with E-state index in [-0.39, 0.29) is 11.9 Å². The first kappa shape index (κ1) is 26.1. The molecule has 1 atom stereocenters. The fraction of sp³-hybridized carbons (Fsp3) is 0.259. The Morgan fingerprint density at radius 3 is 2.67 bits per heavy atom. The summed E-state index contributed by atoms with van der Waals surface area (Å²) in [6.07, 6.45) is 4.73. The fourth-order valence-corrected chi connectivity index (χ4v) is 4.90. The molecule has 200 valence electrons. The topological polar surface area (TPSA) is 141 Å². The molecule has 12 heteroatoms. The van der Waals surface area contributed by atoms with Crippen LogP contribution in [0.4, 0.5) is 5.82 Å². The normalized spacial score (nSPS) is 12.1. The summed E-state index contributed by atoms with van der Waals surface area (Å²) >= 11 is 7.03. The van der Waals surface area contributed by atoms with E-state index < -0.39 is 0 Å². The van der Waals surface area contributed by atoms with Crippen LogP contribution in [-0.4, -0.2) is 66.4 Å². The molecule has 0 aliphatic rings. The molecular weight excluding hydrogens is 518 g/mol. The van der Waals surface area contributed by atoms with E-state index in [1.165, 1.54) is 11.2 Å². The van der Waals surface area contributed by atoms with Gasteiger partial charge in [-0.3, -0.25) is 14.9 Å². The Hall–Kier alpha value is -4.51. The highest BCUT2D eigenvalue weighted by Gasteiger charge is 2.26. The number of nitrogens with zero attached hydrogens (tertiary/aromatic N) is 7. The van der Waals surface area contributed by atoms with Gasteiger partial charge in [0.1, 0.15) is 29.3 Å². The third-order valence-corrected chi connectivity index (χ3v) is 7.06. The van der Waals surface area contributed by atoms with Gasteiger partial charge in [-0.15, -0.1) is 0 Å². The minimum absolute atomic E-state index is 0.170. The molecule has 5 aromatic rings. The Balaban J connectivity index is 1.64. The standard InChI is InChI=1S/C27H28ClN9O2/c1-6-39-20-11-17(23(28)14(2)21(20)16-7-8-19(30-12-16)27(38)36(4)5)15(3)37-26-22(25(29)31-13-32-26)24(35-37)18-9-10-33-34-18/h7-13,15H,6H2,1-5H3,(H,33,34)(H2,29,31,32). The molecule has 3 N–H and O–H groups in total. The molecule has 5 rings (SSSR count). The number of carbonyl (C=O) groups excluding carboxylic acids is 1. The number of H-pyrrole nitrogens is 1. The molecule has 0 bridgehead atoms. The van der Waals surface area contributed by atoms with Crippen LogP contribution in [0, 0.1) is 6.92 Å². The summed E-state index contributed by atoms with van der Waals surface area (Å²) in [7, 11) is 3.38. The lowest BCUT2D eigenvalue weighted by molar-refractivity contribution is 0.0822. The number of aromatic amines is 1. The number of ether oxygens (including phenoxy) is 1. The number of nitrogen functional groups attached to an aromatic ring is 1. The van der Waals surface area contributed by atoms with Gasteiger partial charge in [-0.2, -0.15) is 10.2 Å². The van der Waals surface area contributed by atoms with Crippen LogP contribution in [0.3, 0.4) is 0 Å². The largest absolute Gasteiger partial charge is 0.493 e. The van der Waals surface area contributed by atoms with E-state index in [2.05, 4.69) is 25.1 Å². The number of nitrogens with two attached hydrogens (primary N) is 1. The van der Waals surface area contributed by atoms with E-state index in [4.69, 9.17) is 27.2 Å². The van der Waals surface area contributed by atoms with Gasteiger partial charge in [0.05, 0.1) is 23.7 Å². The van der Waals surface area contributed by atoms with Gasteiger partial charge in [-0.05, 0) is 50.1 Å². The average molecular weight is 546 g/mol. The number of fused-ring (bicyclic) bond motifs is 1. The number of rotatable bonds is 7. The molecule has 4 heterocycles. The second kappa shape index (κ2) is 10.3. The number of nitrogens with one attached hydrogen (secondary N) is 1. The van der Waals surface area contributed by atoms with Crippen molar-refractivity contribution in [2.24, 2.45) is 0 Å². The predicted molar refractivity (Wildman–Crippen MR) is 150 cm³/mol. The smallest absolute Gasteiger partial charge is 0.271 e. The minimum atomic E-state index is -0.337. The lowest BCUT2D eigenvalue weighted by Crippen LogP contribution is -2.22. The van der Waals surface area contributed by atoms with Gasteiger partial charge in [0, 0.05) is 42.6 Å². The van der Waals surface area contributed by atoms with Crippen LogP contribution in [0.25, 0.3) is 33.5 Å². The summed E-state index contributed by atoms with van der Waals surface area (Å²) in [5.41, 5.74) is 11.7. The number of pyridine rings is 1. The molecule has 0 saturated carbocycles. The zero-order valence-corrected chi connectivity index (χ0v) is 23.0.